The van der Waals surface area contributed by atoms with Crippen molar-refractivity contribution in [3.05, 3.63) is 40.3 Å². The van der Waals surface area contributed by atoms with Crippen LogP contribution >= 0.6 is 22.9 Å². The molecule has 0 radical (unpaired) electrons. The molecule has 0 bridgehead atoms. The van der Waals surface area contributed by atoms with Gasteiger partial charge in [0.05, 0.1) is 12.2 Å². The summed E-state index contributed by atoms with van der Waals surface area (Å²) in [5.41, 5.74) is 6.49. The summed E-state index contributed by atoms with van der Waals surface area (Å²) in [6.07, 6.45) is 1.58. The van der Waals surface area contributed by atoms with E-state index < -0.39 is 0 Å². The summed E-state index contributed by atoms with van der Waals surface area (Å²) in [6, 6.07) is 5.40. The molecule has 2 aromatic heterocycles. The summed E-state index contributed by atoms with van der Waals surface area (Å²) in [5.74, 6) is 0.311. The number of benzene rings is 1. The maximum absolute atomic E-state index is 12.2. The number of hydrogen-bond donors (Lipinski definition) is 2. The molecular weight excluding hydrogens is 310 g/mol. The first-order valence-corrected chi connectivity index (χ1v) is 7.34. The minimum Gasteiger partial charge on any atom is -0.397 e. The van der Waals surface area contributed by atoms with E-state index in [2.05, 4.69) is 15.4 Å². The van der Waals surface area contributed by atoms with Crippen molar-refractivity contribution in [3.63, 3.8) is 0 Å². The molecule has 0 aliphatic carbocycles. The molecule has 6 nitrogen and oxygen atoms in total. The molecule has 108 valence electrons. The maximum atomic E-state index is 12.2. The second kappa shape index (κ2) is 5.34. The number of fused-ring (bicyclic) bond motifs is 1. The molecule has 0 aliphatic rings. The van der Waals surface area contributed by atoms with Crippen LogP contribution in [0.1, 0.15) is 15.5 Å². The van der Waals surface area contributed by atoms with E-state index in [9.17, 15) is 4.79 Å². The van der Waals surface area contributed by atoms with E-state index >= 15 is 0 Å². The van der Waals surface area contributed by atoms with Gasteiger partial charge in [0.15, 0.2) is 5.82 Å². The zero-order valence-electron chi connectivity index (χ0n) is 11.1. The van der Waals surface area contributed by atoms with Crippen LogP contribution < -0.4 is 11.1 Å². The van der Waals surface area contributed by atoms with Crippen molar-refractivity contribution in [2.45, 2.75) is 6.54 Å². The second-order valence-corrected chi connectivity index (χ2v) is 5.99. The van der Waals surface area contributed by atoms with Crippen LogP contribution in [0.3, 0.4) is 0 Å². The van der Waals surface area contributed by atoms with Crippen molar-refractivity contribution in [2.24, 2.45) is 7.05 Å². The lowest BCUT2D eigenvalue weighted by atomic mass is 10.2. The Labute approximate surface area is 129 Å². The highest BCUT2D eigenvalue weighted by molar-refractivity contribution is 7.21. The summed E-state index contributed by atoms with van der Waals surface area (Å²) in [6.45, 7) is 0.258. The lowest BCUT2D eigenvalue weighted by molar-refractivity contribution is 0.0955. The number of aryl methyl sites for hydroxylation is 1. The van der Waals surface area contributed by atoms with Gasteiger partial charge in [0.2, 0.25) is 0 Å². The highest BCUT2D eigenvalue weighted by atomic mass is 35.5. The SMILES string of the molecule is Cn1cnc(CNC(=O)c2sc3ccc(Cl)cc3c2N)n1. The smallest absolute Gasteiger partial charge is 0.263 e. The molecule has 1 amide bonds. The lowest BCUT2D eigenvalue weighted by Crippen LogP contribution is -2.23. The molecule has 21 heavy (non-hydrogen) atoms. The van der Waals surface area contributed by atoms with Crippen LogP contribution in [0.2, 0.25) is 5.02 Å². The zero-order valence-corrected chi connectivity index (χ0v) is 12.7. The van der Waals surface area contributed by atoms with Crippen LogP contribution in [0, 0.1) is 0 Å². The Bertz CT molecular complexity index is 825. The van der Waals surface area contributed by atoms with Crippen LogP contribution in [0.15, 0.2) is 24.5 Å². The third-order valence-corrected chi connectivity index (χ3v) is 4.37. The van der Waals surface area contributed by atoms with Gasteiger partial charge in [-0.15, -0.1) is 11.3 Å². The Hall–Kier alpha value is -2.12. The van der Waals surface area contributed by atoms with E-state index in [1.807, 2.05) is 6.07 Å². The molecule has 0 aliphatic heterocycles. The Kier molecular flexibility index (Phi) is 3.52. The predicted molar refractivity (Wildman–Crippen MR) is 83.4 cm³/mol. The van der Waals surface area contributed by atoms with E-state index in [0.717, 1.165) is 10.1 Å². The molecule has 0 spiro atoms. The highest BCUT2D eigenvalue weighted by Gasteiger charge is 2.16. The van der Waals surface area contributed by atoms with Gasteiger partial charge in [-0.3, -0.25) is 9.48 Å². The minimum absolute atomic E-state index is 0.239. The average Bonchev–Trinajstić information content (AvgIpc) is 3.01. The number of nitrogens with zero attached hydrogens (tertiary/aromatic N) is 3. The standard InChI is InChI=1S/C13H12ClN5OS/c1-19-6-17-10(18-19)5-16-13(20)12-11(15)8-4-7(14)2-3-9(8)21-12/h2-4,6H,5,15H2,1H3,(H,16,20). The number of nitrogens with one attached hydrogen (secondary N) is 1. The number of rotatable bonds is 3. The molecule has 0 unspecified atom stereocenters. The molecular formula is C13H12ClN5OS. The number of halogens is 1. The fourth-order valence-electron chi connectivity index (χ4n) is 1.96. The first kappa shape index (κ1) is 13.8. The number of carbonyl (C=O) groups is 1. The van der Waals surface area contributed by atoms with E-state index in [-0.39, 0.29) is 12.5 Å². The van der Waals surface area contributed by atoms with E-state index in [4.69, 9.17) is 17.3 Å². The van der Waals surface area contributed by atoms with Crippen LogP contribution in [-0.2, 0) is 13.6 Å². The molecule has 3 N–H and O–H groups in total. The molecule has 8 heteroatoms. The average molecular weight is 322 g/mol. The van der Waals surface area contributed by atoms with Gasteiger partial charge in [-0.1, -0.05) is 11.6 Å². The van der Waals surface area contributed by atoms with E-state index in [1.165, 1.54) is 11.3 Å². The molecule has 3 rings (SSSR count). The largest absolute Gasteiger partial charge is 0.397 e. The highest BCUT2D eigenvalue weighted by Crippen LogP contribution is 2.35. The number of hydrogen-bond acceptors (Lipinski definition) is 5. The summed E-state index contributed by atoms with van der Waals surface area (Å²) in [5, 5.41) is 8.26. The molecule has 1 aromatic carbocycles. The molecule has 0 saturated carbocycles. The number of nitrogens with two attached hydrogens (primary N) is 1. The quantitative estimate of drug-likeness (QED) is 0.774. The van der Waals surface area contributed by atoms with Gasteiger partial charge in [-0.05, 0) is 18.2 Å². The van der Waals surface area contributed by atoms with Crippen molar-refractivity contribution in [2.75, 3.05) is 5.73 Å². The van der Waals surface area contributed by atoms with Gasteiger partial charge in [0.25, 0.3) is 5.91 Å². The first-order valence-electron chi connectivity index (χ1n) is 6.15. The van der Waals surface area contributed by atoms with E-state index in [0.29, 0.717) is 21.4 Å². The lowest BCUT2D eigenvalue weighted by Gasteiger charge is -2.01. The summed E-state index contributed by atoms with van der Waals surface area (Å²) < 4.78 is 2.51. The summed E-state index contributed by atoms with van der Waals surface area (Å²) in [7, 11) is 1.77. The molecule has 2 heterocycles. The number of thiophene rings is 1. The van der Waals surface area contributed by atoms with Crippen LogP contribution in [0.25, 0.3) is 10.1 Å². The normalized spacial score (nSPS) is 11.0. The number of nitrogen functional groups attached to an aromatic ring is 1. The van der Waals surface area contributed by atoms with Crippen molar-refractivity contribution in [1.29, 1.82) is 0 Å². The third kappa shape index (κ3) is 2.70. The fourth-order valence-corrected chi connectivity index (χ4v) is 3.15. The van der Waals surface area contributed by atoms with Gasteiger partial charge in [0, 0.05) is 22.2 Å². The Morgan fingerprint density at radius 2 is 2.33 bits per heavy atom. The maximum Gasteiger partial charge on any atom is 0.263 e. The van der Waals surface area contributed by atoms with Crippen molar-refractivity contribution >= 4 is 44.6 Å². The van der Waals surface area contributed by atoms with Crippen molar-refractivity contribution in [1.82, 2.24) is 20.1 Å². The second-order valence-electron chi connectivity index (χ2n) is 4.50. The van der Waals surface area contributed by atoms with Crippen molar-refractivity contribution in [3.8, 4) is 0 Å². The van der Waals surface area contributed by atoms with E-state index in [1.54, 1.807) is 30.2 Å². The van der Waals surface area contributed by atoms with Gasteiger partial charge in [-0.2, -0.15) is 5.10 Å². The first-order chi connectivity index (χ1) is 10.0. The molecule has 3 aromatic rings. The van der Waals surface area contributed by atoms with Gasteiger partial charge in [-0.25, -0.2) is 4.98 Å². The third-order valence-electron chi connectivity index (χ3n) is 2.95. The number of amides is 1. The predicted octanol–water partition coefficient (Wildman–Crippen LogP) is 2.20. The van der Waals surface area contributed by atoms with Gasteiger partial charge in [0.1, 0.15) is 11.2 Å². The fraction of sp³-hybridized carbons (Fsp3) is 0.154. The Morgan fingerprint density at radius 3 is 3.05 bits per heavy atom. The summed E-state index contributed by atoms with van der Waals surface area (Å²) in [4.78, 5) is 16.7. The Balaban J connectivity index is 1.82. The molecule has 0 atom stereocenters. The van der Waals surface area contributed by atoms with Crippen LogP contribution in [-0.4, -0.2) is 20.7 Å². The minimum atomic E-state index is -0.239. The number of anilines is 1. The van der Waals surface area contributed by atoms with Crippen molar-refractivity contribution < 1.29 is 4.79 Å². The zero-order chi connectivity index (χ0) is 15.0. The molecule has 0 saturated heterocycles. The topological polar surface area (TPSA) is 85.8 Å². The van der Waals surface area contributed by atoms with Gasteiger partial charge >= 0.3 is 0 Å². The summed E-state index contributed by atoms with van der Waals surface area (Å²) >= 11 is 7.29. The number of aromatic nitrogens is 3. The van der Waals surface area contributed by atoms with Crippen LogP contribution in [0.5, 0.6) is 0 Å². The van der Waals surface area contributed by atoms with Crippen LogP contribution in [0.4, 0.5) is 5.69 Å². The molecule has 0 fully saturated rings. The monoisotopic (exact) mass is 321 g/mol. The van der Waals surface area contributed by atoms with Gasteiger partial charge < -0.3 is 11.1 Å². The number of carbonyl (C=O) groups excluding carboxylic acids is 1. The Morgan fingerprint density at radius 1 is 1.52 bits per heavy atom.